The van der Waals surface area contributed by atoms with Crippen LogP contribution >= 0.6 is 0 Å². The molecular weight excluding hydrogens is 162 g/mol. The van der Waals surface area contributed by atoms with Crippen molar-refractivity contribution in [3.05, 3.63) is 23.7 Å². The first-order chi connectivity index (χ1) is 6.18. The number of hydrogen-bond acceptors (Lipinski definition) is 2. The molecule has 2 heteroatoms. The molecule has 0 unspecified atom stereocenters. The maximum Gasteiger partial charge on any atom is 0.117 e. The second-order valence-electron chi connectivity index (χ2n) is 4.28. The first-order valence-corrected chi connectivity index (χ1v) is 4.98. The molecule has 1 heterocycles. The molecule has 2 rings (SSSR count). The average Bonchev–Trinajstić information content (AvgIpc) is 2.44. The SMILES string of the molecule is Cc1ccc(CNC2(C)CCC2)o1. The molecule has 0 atom stereocenters. The van der Waals surface area contributed by atoms with Crippen LogP contribution < -0.4 is 5.32 Å². The monoisotopic (exact) mass is 179 g/mol. The zero-order valence-corrected chi connectivity index (χ0v) is 8.39. The van der Waals surface area contributed by atoms with Crippen LogP contribution in [-0.4, -0.2) is 5.54 Å². The molecule has 0 spiro atoms. The predicted molar refractivity (Wildman–Crippen MR) is 52.5 cm³/mol. The van der Waals surface area contributed by atoms with E-state index in [1.807, 2.05) is 19.1 Å². The standard InChI is InChI=1S/C11H17NO/c1-9-4-5-10(13-9)8-12-11(2)6-3-7-11/h4-5,12H,3,6-8H2,1-2H3. The molecule has 0 saturated heterocycles. The summed E-state index contributed by atoms with van der Waals surface area (Å²) in [5, 5.41) is 3.53. The van der Waals surface area contributed by atoms with Crippen LogP contribution in [0.3, 0.4) is 0 Å². The molecule has 1 aromatic rings. The Morgan fingerprint density at radius 3 is 2.69 bits per heavy atom. The highest BCUT2D eigenvalue weighted by atomic mass is 16.3. The number of nitrogens with one attached hydrogen (secondary N) is 1. The van der Waals surface area contributed by atoms with E-state index in [0.29, 0.717) is 5.54 Å². The van der Waals surface area contributed by atoms with Gasteiger partial charge in [0, 0.05) is 5.54 Å². The summed E-state index contributed by atoms with van der Waals surface area (Å²) in [5.74, 6) is 2.04. The normalized spacial score (nSPS) is 19.8. The molecule has 0 radical (unpaired) electrons. The number of furan rings is 1. The molecule has 72 valence electrons. The average molecular weight is 179 g/mol. The van der Waals surface area contributed by atoms with E-state index >= 15 is 0 Å². The summed E-state index contributed by atoms with van der Waals surface area (Å²) in [7, 11) is 0. The van der Waals surface area contributed by atoms with E-state index in [4.69, 9.17) is 4.42 Å². The number of aryl methyl sites for hydroxylation is 1. The van der Waals surface area contributed by atoms with Crippen LogP contribution in [0.5, 0.6) is 0 Å². The Morgan fingerprint density at radius 1 is 1.46 bits per heavy atom. The smallest absolute Gasteiger partial charge is 0.117 e. The number of hydrogen-bond donors (Lipinski definition) is 1. The summed E-state index contributed by atoms with van der Waals surface area (Å²) in [6.45, 7) is 5.13. The van der Waals surface area contributed by atoms with Crippen molar-refractivity contribution in [3.63, 3.8) is 0 Å². The Balaban J connectivity index is 1.85. The first-order valence-electron chi connectivity index (χ1n) is 4.98. The van der Waals surface area contributed by atoms with Gasteiger partial charge in [-0.25, -0.2) is 0 Å². The Bertz CT molecular complexity index is 286. The summed E-state index contributed by atoms with van der Waals surface area (Å²) in [4.78, 5) is 0. The Kier molecular flexibility index (Phi) is 2.16. The first kappa shape index (κ1) is 8.82. The van der Waals surface area contributed by atoms with Crippen molar-refractivity contribution in [2.45, 2.75) is 45.2 Å². The lowest BCUT2D eigenvalue weighted by Gasteiger charge is -2.39. The summed E-state index contributed by atoms with van der Waals surface area (Å²) < 4.78 is 5.48. The molecule has 0 aliphatic heterocycles. The minimum absolute atomic E-state index is 0.376. The fourth-order valence-corrected chi connectivity index (χ4v) is 1.76. The molecule has 2 nitrogen and oxygen atoms in total. The van der Waals surface area contributed by atoms with Gasteiger partial charge in [0.15, 0.2) is 0 Å². The van der Waals surface area contributed by atoms with Gasteiger partial charge in [0.2, 0.25) is 0 Å². The third-order valence-electron chi connectivity index (χ3n) is 2.94. The van der Waals surface area contributed by atoms with E-state index in [0.717, 1.165) is 18.1 Å². The van der Waals surface area contributed by atoms with Crippen molar-refractivity contribution in [1.29, 1.82) is 0 Å². The van der Waals surface area contributed by atoms with Crippen LogP contribution in [0, 0.1) is 6.92 Å². The van der Waals surface area contributed by atoms with Gasteiger partial charge in [0.1, 0.15) is 11.5 Å². The van der Waals surface area contributed by atoms with Gasteiger partial charge in [-0.1, -0.05) is 0 Å². The lowest BCUT2D eigenvalue weighted by atomic mass is 9.78. The minimum Gasteiger partial charge on any atom is -0.465 e. The Morgan fingerprint density at radius 2 is 2.23 bits per heavy atom. The molecule has 0 bridgehead atoms. The van der Waals surface area contributed by atoms with Gasteiger partial charge in [-0.05, 0) is 45.2 Å². The highest BCUT2D eigenvalue weighted by Crippen LogP contribution is 2.31. The van der Waals surface area contributed by atoms with Crippen molar-refractivity contribution >= 4 is 0 Å². The highest BCUT2D eigenvalue weighted by molar-refractivity contribution is 5.06. The maximum absolute atomic E-state index is 5.48. The Hall–Kier alpha value is -0.760. The third kappa shape index (κ3) is 1.94. The van der Waals surface area contributed by atoms with E-state index in [2.05, 4.69) is 12.2 Å². The molecule has 13 heavy (non-hydrogen) atoms. The number of rotatable bonds is 3. The molecule has 1 N–H and O–H groups in total. The summed E-state index contributed by atoms with van der Waals surface area (Å²) in [6, 6.07) is 4.06. The second-order valence-corrected chi connectivity index (χ2v) is 4.28. The predicted octanol–water partition coefficient (Wildman–Crippen LogP) is 2.62. The van der Waals surface area contributed by atoms with Gasteiger partial charge < -0.3 is 9.73 Å². The van der Waals surface area contributed by atoms with Crippen molar-refractivity contribution in [2.75, 3.05) is 0 Å². The van der Waals surface area contributed by atoms with Crippen LogP contribution in [-0.2, 0) is 6.54 Å². The van der Waals surface area contributed by atoms with Crippen LogP contribution in [0.4, 0.5) is 0 Å². The quantitative estimate of drug-likeness (QED) is 0.771. The van der Waals surface area contributed by atoms with Crippen molar-refractivity contribution in [1.82, 2.24) is 5.32 Å². The topological polar surface area (TPSA) is 25.2 Å². The summed E-state index contributed by atoms with van der Waals surface area (Å²) in [5.41, 5.74) is 0.376. The molecule has 1 aliphatic carbocycles. The minimum atomic E-state index is 0.376. The summed E-state index contributed by atoms with van der Waals surface area (Å²) >= 11 is 0. The molecule has 0 aromatic carbocycles. The van der Waals surface area contributed by atoms with Gasteiger partial charge >= 0.3 is 0 Å². The third-order valence-corrected chi connectivity index (χ3v) is 2.94. The van der Waals surface area contributed by atoms with Crippen LogP contribution in [0.2, 0.25) is 0 Å². The molecule has 1 saturated carbocycles. The van der Waals surface area contributed by atoms with Crippen molar-refractivity contribution < 1.29 is 4.42 Å². The summed E-state index contributed by atoms with van der Waals surface area (Å²) in [6.07, 6.45) is 3.96. The second kappa shape index (κ2) is 3.18. The molecular formula is C11H17NO. The zero-order valence-electron chi connectivity index (χ0n) is 8.39. The van der Waals surface area contributed by atoms with Crippen LogP contribution in [0.25, 0.3) is 0 Å². The molecule has 1 aromatic heterocycles. The van der Waals surface area contributed by atoms with E-state index in [1.54, 1.807) is 0 Å². The van der Waals surface area contributed by atoms with Crippen molar-refractivity contribution in [3.8, 4) is 0 Å². The van der Waals surface area contributed by atoms with Gasteiger partial charge in [-0.15, -0.1) is 0 Å². The van der Waals surface area contributed by atoms with E-state index in [1.165, 1.54) is 19.3 Å². The molecule has 0 amide bonds. The van der Waals surface area contributed by atoms with Crippen molar-refractivity contribution in [2.24, 2.45) is 0 Å². The molecule has 1 fully saturated rings. The van der Waals surface area contributed by atoms with Gasteiger partial charge in [-0.3, -0.25) is 0 Å². The van der Waals surface area contributed by atoms with Crippen LogP contribution in [0.15, 0.2) is 16.5 Å². The molecule has 1 aliphatic rings. The van der Waals surface area contributed by atoms with Gasteiger partial charge in [0.25, 0.3) is 0 Å². The fourth-order valence-electron chi connectivity index (χ4n) is 1.76. The van der Waals surface area contributed by atoms with Gasteiger partial charge in [-0.2, -0.15) is 0 Å². The highest BCUT2D eigenvalue weighted by Gasteiger charge is 2.30. The van der Waals surface area contributed by atoms with Gasteiger partial charge in [0.05, 0.1) is 6.54 Å². The van der Waals surface area contributed by atoms with E-state index in [-0.39, 0.29) is 0 Å². The lowest BCUT2D eigenvalue weighted by Crippen LogP contribution is -2.47. The lowest BCUT2D eigenvalue weighted by molar-refractivity contribution is 0.201. The fraction of sp³-hybridized carbons (Fsp3) is 0.636. The zero-order chi connectivity index (χ0) is 9.31. The largest absolute Gasteiger partial charge is 0.465 e. The Labute approximate surface area is 79.3 Å². The maximum atomic E-state index is 5.48. The van der Waals surface area contributed by atoms with E-state index in [9.17, 15) is 0 Å². The van der Waals surface area contributed by atoms with Crippen LogP contribution in [0.1, 0.15) is 37.7 Å². The van der Waals surface area contributed by atoms with E-state index < -0.39 is 0 Å².